The van der Waals surface area contributed by atoms with Crippen LogP contribution in [0.2, 0.25) is 0 Å². The van der Waals surface area contributed by atoms with E-state index in [4.69, 9.17) is 4.74 Å². The molecule has 0 aromatic heterocycles. The van der Waals surface area contributed by atoms with E-state index in [2.05, 4.69) is 4.72 Å². The molecule has 0 saturated heterocycles. The minimum atomic E-state index is -3.60. The van der Waals surface area contributed by atoms with E-state index >= 15 is 0 Å². The van der Waals surface area contributed by atoms with E-state index in [1.165, 1.54) is 50.1 Å². The van der Waals surface area contributed by atoms with Crippen molar-refractivity contribution in [3.63, 3.8) is 0 Å². The highest BCUT2D eigenvalue weighted by molar-refractivity contribution is 7.98. The molecule has 0 spiro atoms. The van der Waals surface area contributed by atoms with Gasteiger partial charge in [0.15, 0.2) is 0 Å². The molecule has 0 fully saturated rings. The van der Waals surface area contributed by atoms with Gasteiger partial charge in [0.2, 0.25) is 20.0 Å². The molecule has 148 valence electrons. The van der Waals surface area contributed by atoms with Gasteiger partial charge in [0, 0.05) is 25.5 Å². The molecule has 0 bridgehead atoms. The normalized spacial score (nSPS) is 12.3. The molecular formula is C17H22N2O5S3. The Hall–Kier alpha value is -1.59. The zero-order valence-corrected chi connectivity index (χ0v) is 17.7. The Morgan fingerprint density at radius 3 is 2.00 bits per heavy atom. The summed E-state index contributed by atoms with van der Waals surface area (Å²) < 4.78 is 57.5. The molecule has 0 atom stereocenters. The average molecular weight is 431 g/mol. The van der Waals surface area contributed by atoms with Crippen LogP contribution >= 0.6 is 11.8 Å². The van der Waals surface area contributed by atoms with E-state index in [0.29, 0.717) is 5.75 Å². The van der Waals surface area contributed by atoms with E-state index in [9.17, 15) is 16.8 Å². The summed E-state index contributed by atoms with van der Waals surface area (Å²) in [7, 11) is -4.17. The number of ether oxygens (including phenoxy) is 1. The van der Waals surface area contributed by atoms with E-state index < -0.39 is 20.0 Å². The average Bonchev–Trinajstić information content (AvgIpc) is 2.65. The summed E-state index contributed by atoms with van der Waals surface area (Å²) in [5.74, 6) is 0.455. The van der Waals surface area contributed by atoms with Crippen LogP contribution in [0.5, 0.6) is 5.75 Å². The summed E-state index contributed by atoms with van der Waals surface area (Å²) in [4.78, 5) is 1.34. The number of sulfonamides is 2. The third-order valence-electron chi connectivity index (χ3n) is 3.63. The van der Waals surface area contributed by atoms with Gasteiger partial charge in [0.25, 0.3) is 0 Å². The standard InChI is InChI=1S/C17H22N2O5S3/c1-19(2)27(22,23)17-8-4-14(5-9-17)24-13-12-18-26(20,21)16-10-6-15(25-3)7-11-16/h4-11,18H,12-13H2,1-3H3. The summed E-state index contributed by atoms with van der Waals surface area (Å²) >= 11 is 1.54. The van der Waals surface area contributed by atoms with Crippen molar-refractivity contribution in [2.45, 2.75) is 14.7 Å². The highest BCUT2D eigenvalue weighted by Crippen LogP contribution is 2.19. The van der Waals surface area contributed by atoms with Crippen LogP contribution in [0.15, 0.2) is 63.2 Å². The van der Waals surface area contributed by atoms with Gasteiger partial charge in [0.1, 0.15) is 12.4 Å². The van der Waals surface area contributed by atoms with Gasteiger partial charge in [-0.3, -0.25) is 0 Å². The van der Waals surface area contributed by atoms with E-state index in [-0.39, 0.29) is 22.9 Å². The maximum atomic E-state index is 12.2. The minimum absolute atomic E-state index is 0.0877. The fourth-order valence-electron chi connectivity index (χ4n) is 2.10. The minimum Gasteiger partial charge on any atom is -0.492 e. The summed E-state index contributed by atoms with van der Waals surface area (Å²) in [5, 5.41) is 0. The number of benzene rings is 2. The molecule has 0 unspecified atom stereocenters. The van der Waals surface area contributed by atoms with Gasteiger partial charge < -0.3 is 4.74 Å². The fourth-order valence-corrected chi connectivity index (χ4v) is 4.42. The van der Waals surface area contributed by atoms with Crippen LogP contribution in [-0.2, 0) is 20.0 Å². The van der Waals surface area contributed by atoms with Crippen LogP contribution < -0.4 is 9.46 Å². The Kier molecular flexibility index (Phi) is 7.29. The second-order valence-corrected chi connectivity index (χ2v) is 10.5. The second-order valence-electron chi connectivity index (χ2n) is 5.68. The topological polar surface area (TPSA) is 92.8 Å². The monoisotopic (exact) mass is 430 g/mol. The Bertz CT molecular complexity index is 955. The molecule has 27 heavy (non-hydrogen) atoms. The quantitative estimate of drug-likeness (QED) is 0.483. The van der Waals surface area contributed by atoms with Crippen molar-refractivity contribution in [2.24, 2.45) is 0 Å². The van der Waals surface area contributed by atoms with Gasteiger partial charge in [-0.2, -0.15) is 0 Å². The van der Waals surface area contributed by atoms with Crippen LogP contribution in [-0.4, -0.2) is 54.6 Å². The predicted molar refractivity (Wildman–Crippen MR) is 106 cm³/mol. The molecule has 2 aromatic carbocycles. The summed E-state index contributed by atoms with van der Waals surface area (Å²) in [6.07, 6.45) is 1.92. The zero-order valence-electron chi connectivity index (χ0n) is 15.2. The SMILES string of the molecule is CSc1ccc(S(=O)(=O)NCCOc2ccc(S(=O)(=O)N(C)C)cc2)cc1. The van der Waals surface area contributed by atoms with Crippen molar-refractivity contribution >= 4 is 31.8 Å². The Morgan fingerprint density at radius 1 is 0.926 bits per heavy atom. The van der Waals surface area contributed by atoms with Crippen molar-refractivity contribution in [1.29, 1.82) is 0 Å². The fraction of sp³-hybridized carbons (Fsp3) is 0.294. The molecule has 10 heteroatoms. The third-order valence-corrected chi connectivity index (χ3v) is 7.68. The van der Waals surface area contributed by atoms with Crippen LogP contribution in [0, 0.1) is 0 Å². The first kappa shape index (κ1) is 21.7. The zero-order chi connectivity index (χ0) is 20.1. The van der Waals surface area contributed by atoms with E-state index in [1.807, 2.05) is 6.26 Å². The summed E-state index contributed by atoms with van der Waals surface area (Å²) in [5.41, 5.74) is 0. The van der Waals surface area contributed by atoms with Crippen LogP contribution in [0.4, 0.5) is 0 Å². The van der Waals surface area contributed by atoms with Gasteiger partial charge >= 0.3 is 0 Å². The molecule has 0 aliphatic rings. The van der Waals surface area contributed by atoms with Gasteiger partial charge in [-0.25, -0.2) is 25.9 Å². The van der Waals surface area contributed by atoms with Crippen LogP contribution in [0.3, 0.4) is 0 Å². The molecule has 0 heterocycles. The largest absolute Gasteiger partial charge is 0.492 e. The van der Waals surface area contributed by atoms with Gasteiger partial charge in [-0.05, 0) is 54.8 Å². The van der Waals surface area contributed by atoms with Gasteiger partial charge in [-0.1, -0.05) is 0 Å². The first-order chi connectivity index (χ1) is 12.7. The smallest absolute Gasteiger partial charge is 0.242 e. The Balaban J connectivity index is 1.89. The van der Waals surface area contributed by atoms with Crippen molar-refractivity contribution in [3.8, 4) is 5.75 Å². The second kappa shape index (κ2) is 9.07. The number of hydrogen-bond donors (Lipinski definition) is 1. The van der Waals surface area contributed by atoms with Crippen molar-refractivity contribution in [1.82, 2.24) is 9.03 Å². The molecule has 2 aromatic rings. The first-order valence-corrected chi connectivity index (χ1v) is 12.1. The molecule has 0 amide bonds. The Labute approximate surface area is 164 Å². The molecule has 1 N–H and O–H groups in total. The van der Waals surface area contributed by atoms with Crippen molar-refractivity contribution < 1.29 is 21.6 Å². The number of thioether (sulfide) groups is 1. The van der Waals surface area contributed by atoms with Gasteiger partial charge in [0.05, 0.1) is 9.79 Å². The molecule has 7 nitrogen and oxygen atoms in total. The van der Waals surface area contributed by atoms with Crippen LogP contribution in [0.25, 0.3) is 0 Å². The maximum Gasteiger partial charge on any atom is 0.242 e. The molecule has 2 rings (SSSR count). The first-order valence-electron chi connectivity index (χ1n) is 7.96. The molecule has 0 radical (unpaired) electrons. The summed E-state index contributed by atoms with van der Waals surface area (Å²) in [6.45, 7) is 0.201. The summed E-state index contributed by atoms with van der Waals surface area (Å²) in [6, 6.07) is 12.6. The predicted octanol–water partition coefficient (Wildman–Crippen LogP) is 2.02. The lowest BCUT2D eigenvalue weighted by molar-refractivity contribution is 0.322. The molecular weight excluding hydrogens is 408 g/mol. The highest BCUT2D eigenvalue weighted by atomic mass is 32.2. The van der Waals surface area contributed by atoms with E-state index in [1.54, 1.807) is 24.3 Å². The molecule has 0 saturated carbocycles. The Morgan fingerprint density at radius 2 is 1.48 bits per heavy atom. The highest BCUT2D eigenvalue weighted by Gasteiger charge is 2.17. The number of rotatable bonds is 9. The van der Waals surface area contributed by atoms with Gasteiger partial charge in [-0.15, -0.1) is 11.8 Å². The lowest BCUT2D eigenvalue weighted by atomic mass is 10.3. The lowest BCUT2D eigenvalue weighted by Crippen LogP contribution is -2.28. The van der Waals surface area contributed by atoms with E-state index in [0.717, 1.165) is 9.20 Å². The maximum absolute atomic E-state index is 12.2. The van der Waals surface area contributed by atoms with Crippen LogP contribution in [0.1, 0.15) is 0 Å². The lowest BCUT2D eigenvalue weighted by Gasteiger charge is -2.12. The van der Waals surface area contributed by atoms with Crippen molar-refractivity contribution in [2.75, 3.05) is 33.5 Å². The third kappa shape index (κ3) is 5.69. The number of hydrogen-bond acceptors (Lipinski definition) is 6. The molecule has 0 aliphatic carbocycles. The molecule has 0 aliphatic heterocycles. The number of nitrogens with one attached hydrogen (secondary N) is 1. The number of nitrogens with zero attached hydrogens (tertiary/aromatic N) is 1. The van der Waals surface area contributed by atoms with Crippen molar-refractivity contribution in [3.05, 3.63) is 48.5 Å².